The van der Waals surface area contributed by atoms with E-state index in [1.807, 2.05) is 24.3 Å². The largest absolute Gasteiger partial charge is 0.354 e. The number of benzene rings is 2. The molecule has 1 aromatic heterocycles. The van der Waals surface area contributed by atoms with E-state index in [1.165, 1.54) is 4.31 Å². The minimum atomic E-state index is -3.62. The summed E-state index contributed by atoms with van der Waals surface area (Å²) in [5.74, 6) is 0.309. The summed E-state index contributed by atoms with van der Waals surface area (Å²) in [6.45, 7) is 3.97. The van der Waals surface area contributed by atoms with Crippen LogP contribution in [-0.2, 0) is 21.2 Å². The predicted molar refractivity (Wildman–Crippen MR) is 120 cm³/mol. The van der Waals surface area contributed by atoms with Crippen LogP contribution in [0.5, 0.6) is 0 Å². The molecule has 0 saturated heterocycles. The summed E-state index contributed by atoms with van der Waals surface area (Å²) in [5.41, 5.74) is 3.71. The number of rotatable bonds is 6. The fourth-order valence-corrected chi connectivity index (χ4v) is 4.99. The van der Waals surface area contributed by atoms with Gasteiger partial charge >= 0.3 is 0 Å². The van der Waals surface area contributed by atoms with E-state index in [0.29, 0.717) is 36.5 Å². The second kappa shape index (κ2) is 8.39. The van der Waals surface area contributed by atoms with E-state index < -0.39 is 10.0 Å². The average Bonchev–Trinajstić information content (AvgIpc) is 3.37. The van der Waals surface area contributed by atoms with Crippen LogP contribution in [0.3, 0.4) is 0 Å². The van der Waals surface area contributed by atoms with E-state index in [-0.39, 0.29) is 10.8 Å². The number of amides is 1. The number of anilines is 2. The highest BCUT2D eigenvalue weighted by atomic mass is 32.2. The first-order valence-corrected chi connectivity index (χ1v) is 11.5. The fraction of sp³-hybridized carbons (Fsp3) is 0.217. The Balaban J connectivity index is 1.54. The first kappa shape index (κ1) is 20.9. The van der Waals surface area contributed by atoms with E-state index in [2.05, 4.69) is 10.5 Å². The lowest BCUT2D eigenvalue weighted by Gasteiger charge is -2.19. The number of aromatic nitrogens is 1. The number of sulfonamides is 1. The van der Waals surface area contributed by atoms with Crippen molar-refractivity contribution in [1.29, 1.82) is 0 Å². The van der Waals surface area contributed by atoms with E-state index in [0.717, 1.165) is 16.8 Å². The van der Waals surface area contributed by atoms with Crippen LogP contribution in [0.25, 0.3) is 12.2 Å². The van der Waals surface area contributed by atoms with Crippen LogP contribution >= 0.6 is 0 Å². The first-order chi connectivity index (χ1) is 14.9. The Bertz CT molecular complexity index is 1240. The molecule has 0 atom stereocenters. The number of carbonyl (C=O) groups is 1. The van der Waals surface area contributed by atoms with Crippen LogP contribution in [0.1, 0.15) is 35.9 Å². The Morgan fingerprint density at radius 3 is 2.65 bits per heavy atom. The fourth-order valence-electron chi connectivity index (χ4n) is 3.49. The van der Waals surface area contributed by atoms with Gasteiger partial charge in [0, 0.05) is 13.0 Å². The van der Waals surface area contributed by atoms with Crippen molar-refractivity contribution < 1.29 is 17.7 Å². The zero-order valence-electron chi connectivity index (χ0n) is 17.3. The van der Waals surface area contributed by atoms with Crippen molar-refractivity contribution in [3.8, 4) is 0 Å². The predicted octanol–water partition coefficient (Wildman–Crippen LogP) is 4.25. The molecule has 0 spiro atoms. The lowest BCUT2D eigenvalue weighted by atomic mass is 10.2. The molecule has 1 amide bonds. The van der Waals surface area contributed by atoms with Gasteiger partial charge in [-0.25, -0.2) is 8.42 Å². The van der Waals surface area contributed by atoms with Gasteiger partial charge in [-0.3, -0.25) is 9.10 Å². The summed E-state index contributed by atoms with van der Waals surface area (Å²) >= 11 is 0. The van der Waals surface area contributed by atoms with E-state index >= 15 is 0 Å². The number of hydrogen-bond acceptors (Lipinski definition) is 5. The van der Waals surface area contributed by atoms with Crippen LogP contribution in [-0.4, -0.2) is 26.0 Å². The molecule has 2 heterocycles. The Kier molecular flexibility index (Phi) is 5.65. The normalized spacial score (nSPS) is 13.5. The molecular formula is C23H23N3O4S. The minimum Gasteiger partial charge on any atom is -0.354 e. The summed E-state index contributed by atoms with van der Waals surface area (Å²) in [5, 5.41) is 6.68. The molecule has 1 aliphatic rings. The van der Waals surface area contributed by atoms with Gasteiger partial charge in [0.1, 0.15) is 11.4 Å². The molecule has 0 bridgehead atoms. The molecule has 31 heavy (non-hydrogen) atoms. The number of carbonyl (C=O) groups excluding carboxylic acids is 1. The van der Waals surface area contributed by atoms with Gasteiger partial charge in [-0.05, 0) is 48.7 Å². The van der Waals surface area contributed by atoms with Crippen LogP contribution in [0.4, 0.5) is 11.4 Å². The van der Waals surface area contributed by atoms with E-state index in [4.69, 9.17) is 4.52 Å². The van der Waals surface area contributed by atoms with Crippen LogP contribution in [0.2, 0.25) is 0 Å². The maximum atomic E-state index is 13.1. The highest BCUT2D eigenvalue weighted by Crippen LogP contribution is 2.32. The number of para-hydroxylation sites is 1. The molecule has 0 aliphatic carbocycles. The zero-order valence-corrected chi connectivity index (χ0v) is 18.1. The number of aryl methyl sites for hydroxylation is 1. The van der Waals surface area contributed by atoms with Crippen molar-refractivity contribution >= 4 is 39.5 Å². The molecule has 4 rings (SSSR count). The Labute approximate surface area is 181 Å². The van der Waals surface area contributed by atoms with Gasteiger partial charge < -0.3 is 9.84 Å². The molecule has 7 nitrogen and oxygen atoms in total. The average molecular weight is 438 g/mol. The number of hydrogen-bond donors (Lipinski definition) is 1. The molecule has 1 N–H and O–H groups in total. The Morgan fingerprint density at radius 1 is 1.16 bits per heavy atom. The summed E-state index contributed by atoms with van der Waals surface area (Å²) in [6, 6.07) is 14.2. The van der Waals surface area contributed by atoms with Crippen LogP contribution < -0.4 is 9.62 Å². The lowest BCUT2D eigenvalue weighted by molar-refractivity contribution is -0.115. The molecule has 0 fully saturated rings. The lowest BCUT2D eigenvalue weighted by Crippen LogP contribution is -2.29. The maximum Gasteiger partial charge on any atom is 0.264 e. The summed E-state index contributed by atoms with van der Waals surface area (Å²) in [7, 11) is -3.62. The van der Waals surface area contributed by atoms with Crippen molar-refractivity contribution in [2.24, 2.45) is 0 Å². The Hall–Kier alpha value is -3.39. The standard InChI is InChI=1S/C23H23N3O4S/c1-3-22(27)24-23-16(2)25-30-21(23)13-10-17-8-11-19(12-9-17)31(28,29)26-15-14-18-6-4-5-7-20(18)26/h4-13H,3,14-15H2,1-2H3,(H,24,27). The van der Waals surface area contributed by atoms with Crippen LogP contribution in [0.15, 0.2) is 57.9 Å². The van der Waals surface area contributed by atoms with Gasteiger partial charge in [-0.2, -0.15) is 0 Å². The second-order valence-electron chi connectivity index (χ2n) is 7.27. The van der Waals surface area contributed by atoms with Gasteiger partial charge in [-0.15, -0.1) is 0 Å². The van der Waals surface area contributed by atoms with Gasteiger partial charge in [0.05, 0.1) is 10.6 Å². The second-order valence-corrected chi connectivity index (χ2v) is 9.13. The van der Waals surface area contributed by atoms with Crippen molar-refractivity contribution in [1.82, 2.24) is 5.16 Å². The molecule has 0 saturated carbocycles. The molecule has 3 aromatic rings. The summed E-state index contributed by atoms with van der Waals surface area (Å²) < 4.78 is 33.0. The third kappa shape index (κ3) is 4.11. The van der Waals surface area contributed by atoms with E-state index in [9.17, 15) is 13.2 Å². The summed E-state index contributed by atoms with van der Waals surface area (Å²) in [6.07, 6.45) is 4.55. The number of nitrogens with zero attached hydrogens (tertiary/aromatic N) is 2. The molecule has 8 heteroatoms. The van der Waals surface area contributed by atoms with Crippen molar-refractivity contribution in [3.05, 3.63) is 71.1 Å². The molecule has 2 aromatic carbocycles. The van der Waals surface area contributed by atoms with Crippen molar-refractivity contribution in [3.63, 3.8) is 0 Å². The topological polar surface area (TPSA) is 92.5 Å². The molecule has 0 unspecified atom stereocenters. The Morgan fingerprint density at radius 2 is 1.90 bits per heavy atom. The van der Waals surface area contributed by atoms with Gasteiger partial charge in [0.25, 0.3) is 10.0 Å². The van der Waals surface area contributed by atoms with E-state index in [1.54, 1.807) is 50.3 Å². The van der Waals surface area contributed by atoms with Crippen molar-refractivity contribution in [2.75, 3.05) is 16.2 Å². The molecular weight excluding hydrogens is 414 g/mol. The third-order valence-corrected chi connectivity index (χ3v) is 7.04. The smallest absolute Gasteiger partial charge is 0.264 e. The summed E-state index contributed by atoms with van der Waals surface area (Å²) in [4.78, 5) is 12.0. The zero-order chi connectivity index (χ0) is 22.0. The number of nitrogens with one attached hydrogen (secondary N) is 1. The molecule has 160 valence electrons. The number of fused-ring (bicyclic) bond motifs is 1. The maximum absolute atomic E-state index is 13.1. The minimum absolute atomic E-state index is 0.126. The monoisotopic (exact) mass is 437 g/mol. The van der Waals surface area contributed by atoms with Crippen LogP contribution in [0, 0.1) is 6.92 Å². The highest BCUT2D eigenvalue weighted by molar-refractivity contribution is 7.92. The third-order valence-electron chi connectivity index (χ3n) is 5.21. The molecule has 0 radical (unpaired) electrons. The SMILES string of the molecule is CCC(=O)Nc1c(C)noc1C=Cc1ccc(S(=O)(=O)N2CCc3ccccc32)cc1. The first-order valence-electron chi connectivity index (χ1n) is 10.0. The van der Waals surface area contributed by atoms with Gasteiger partial charge in [-0.1, -0.05) is 48.5 Å². The van der Waals surface area contributed by atoms with Gasteiger partial charge in [0.15, 0.2) is 5.76 Å². The molecule has 1 aliphatic heterocycles. The quantitative estimate of drug-likeness (QED) is 0.622. The van der Waals surface area contributed by atoms with Gasteiger partial charge in [0.2, 0.25) is 5.91 Å². The highest BCUT2D eigenvalue weighted by Gasteiger charge is 2.30. The van der Waals surface area contributed by atoms with Crippen molar-refractivity contribution in [2.45, 2.75) is 31.6 Å².